The molecule has 0 aliphatic heterocycles. The number of aromatic nitrogens is 5. The van der Waals surface area contributed by atoms with E-state index < -0.39 is 0 Å². The number of carbonyl (C=O) groups is 1. The maximum absolute atomic E-state index is 11.8. The molecule has 0 bridgehead atoms. The van der Waals surface area contributed by atoms with Gasteiger partial charge in [-0.1, -0.05) is 0 Å². The quantitative estimate of drug-likeness (QED) is 0.552. The van der Waals surface area contributed by atoms with Crippen LogP contribution in [0.2, 0.25) is 0 Å². The second-order valence-corrected chi connectivity index (χ2v) is 6.01. The molecule has 0 saturated heterocycles. The molecule has 0 spiro atoms. The van der Waals surface area contributed by atoms with Crippen LogP contribution in [0.15, 0.2) is 17.3 Å². The number of hydrogen-bond donors (Lipinski definition) is 3. The predicted octanol–water partition coefficient (Wildman–Crippen LogP) is 1.33. The molecule has 2 heterocycles. The van der Waals surface area contributed by atoms with Crippen molar-refractivity contribution < 1.29 is 4.79 Å². The Morgan fingerprint density at radius 1 is 1.57 bits per heavy atom. The van der Waals surface area contributed by atoms with E-state index in [9.17, 15) is 4.79 Å². The molecule has 2 aromatic rings. The van der Waals surface area contributed by atoms with Gasteiger partial charge >= 0.3 is 6.03 Å². The first-order valence-corrected chi connectivity index (χ1v) is 7.78. The average molecular weight is 307 g/mol. The number of nitrogens with zero attached hydrogens (tertiary/aromatic N) is 4. The molecule has 1 saturated carbocycles. The molecule has 3 N–H and O–H groups in total. The van der Waals surface area contributed by atoms with Gasteiger partial charge in [0.25, 0.3) is 0 Å². The summed E-state index contributed by atoms with van der Waals surface area (Å²) in [4.78, 5) is 11.8. The van der Waals surface area contributed by atoms with E-state index >= 15 is 0 Å². The van der Waals surface area contributed by atoms with Crippen molar-refractivity contribution in [2.45, 2.75) is 23.8 Å². The van der Waals surface area contributed by atoms with Crippen LogP contribution in [-0.2, 0) is 7.05 Å². The highest BCUT2D eigenvalue weighted by Crippen LogP contribution is 2.39. The third-order valence-electron chi connectivity index (χ3n) is 3.17. The van der Waals surface area contributed by atoms with Crippen molar-refractivity contribution >= 4 is 23.6 Å². The van der Waals surface area contributed by atoms with Crippen LogP contribution in [0.3, 0.4) is 0 Å². The summed E-state index contributed by atoms with van der Waals surface area (Å²) in [6.45, 7) is 0.552. The monoisotopic (exact) mass is 307 g/mol. The van der Waals surface area contributed by atoms with E-state index in [4.69, 9.17) is 0 Å². The Labute approximate surface area is 126 Å². The fraction of sp³-hybridized carbons (Fsp3) is 0.500. The van der Waals surface area contributed by atoms with E-state index in [1.165, 1.54) is 24.6 Å². The second kappa shape index (κ2) is 6.17. The van der Waals surface area contributed by atoms with Gasteiger partial charge in [-0.15, -0.1) is 16.9 Å². The van der Waals surface area contributed by atoms with Crippen molar-refractivity contribution in [1.29, 1.82) is 0 Å². The number of hydrogen-bond acceptors (Lipinski definition) is 5. The van der Waals surface area contributed by atoms with Crippen LogP contribution in [0.4, 0.5) is 10.6 Å². The third-order valence-corrected chi connectivity index (χ3v) is 4.07. The number of nitrogens with one attached hydrogen (secondary N) is 3. The van der Waals surface area contributed by atoms with Crippen LogP contribution < -0.4 is 10.6 Å². The molecule has 1 aliphatic carbocycles. The lowest BCUT2D eigenvalue weighted by Crippen LogP contribution is -2.31. The van der Waals surface area contributed by atoms with Crippen molar-refractivity contribution in [2.24, 2.45) is 7.05 Å². The zero-order chi connectivity index (χ0) is 14.7. The number of anilines is 1. The zero-order valence-corrected chi connectivity index (χ0v) is 12.5. The highest BCUT2D eigenvalue weighted by molar-refractivity contribution is 7.99. The molecule has 2 amide bonds. The summed E-state index contributed by atoms with van der Waals surface area (Å²) in [5.74, 6) is 2.03. The van der Waals surface area contributed by atoms with Gasteiger partial charge in [-0.2, -0.15) is 15.4 Å². The van der Waals surface area contributed by atoms with E-state index in [1.54, 1.807) is 10.9 Å². The van der Waals surface area contributed by atoms with Crippen molar-refractivity contribution in [3.8, 4) is 0 Å². The molecule has 0 unspecified atom stereocenters. The normalized spacial score (nSPS) is 14.1. The maximum Gasteiger partial charge on any atom is 0.320 e. The lowest BCUT2D eigenvalue weighted by molar-refractivity contribution is 0.252. The summed E-state index contributed by atoms with van der Waals surface area (Å²) >= 11 is 1.53. The SMILES string of the molecule is Cn1nc(C2CC2)cc1NC(=O)NCCSc1cn[nH]n1. The van der Waals surface area contributed by atoms with Gasteiger partial charge in [-0.25, -0.2) is 4.79 Å². The molecule has 3 rings (SSSR count). The minimum atomic E-state index is -0.221. The van der Waals surface area contributed by atoms with Crippen LogP contribution in [0.25, 0.3) is 0 Å². The molecular weight excluding hydrogens is 290 g/mol. The van der Waals surface area contributed by atoms with E-state index in [0.717, 1.165) is 22.3 Å². The predicted molar refractivity (Wildman–Crippen MR) is 79.3 cm³/mol. The Morgan fingerprint density at radius 2 is 2.43 bits per heavy atom. The fourth-order valence-corrected chi connectivity index (χ4v) is 2.57. The number of rotatable bonds is 6. The van der Waals surface area contributed by atoms with E-state index in [-0.39, 0.29) is 6.03 Å². The number of carbonyl (C=O) groups excluding carboxylic acids is 1. The Bertz CT molecular complexity index is 605. The molecule has 2 aromatic heterocycles. The first kappa shape index (κ1) is 13.9. The zero-order valence-electron chi connectivity index (χ0n) is 11.7. The van der Waals surface area contributed by atoms with Gasteiger partial charge < -0.3 is 5.32 Å². The summed E-state index contributed by atoms with van der Waals surface area (Å²) in [6, 6.07) is 1.72. The number of urea groups is 1. The molecule has 1 aliphatic rings. The molecule has 21 heavy (non-hydrogen) atoms. The summed E-state index contributed by atoms with van der Waals surface area (Å²) < 4.78 is 1.71. The molecule has 8 nitrogen and oxygen atoms in total. The Kier molecular flexibility index (Phi) is 4.09. The van der Waals surface area contributed by atoms with Crippen molar-refractivity contribution in [3.63, 3.8) is 0 Å². The summed E-state index contributed by atoms with van der Waals surface area (Å²) in [7, 11) is 1.84. The van der Waals surface area contributed by atoms with Crippen molar-refractivity contribution in [1.82, 2.24) is 30.5 Å². The molecule has 0 aromatic carbocycles. The van der Waals surface area contributed by atoms with Gasteiger partial charge in [0.15, 0.2) is 0 Å². The van der Waals surface area contributed by atoms with Gasteiger partial charge in [0.1, 0.15) is 10.8 Å². The van der Waals surface area contributed by atoms with Crippen LogP contribution in [0.1, 0.15) is 24.5 Å². The first-order chi connectivity index (χ1) is 10.2. The van der Waals surface area contributed by atoms with Crippen LogP contribution in [0, 0.1) is 0 Å². The molecule has 9 heteroatoms. The van der Waals surface area contributed by atoms with Gasteiger partial charge in [0.2, 0.25) is 0 Å². The van der Waals surface area contributed by atoms with Gasteiger partial charge in [-0.3, -0.25) is 10.00 Å². The molecule has 112 valence electrons. The fourth-order valence-electron chi connectivity index (χ4n) is 1.93. The number of thioether (sulfide) groups is 1. The molecular formula is C12H17N7OS. The van der Waals surface area contributed by atoms with E-state index in [2.05, 4.69) is 31.1 Å². The number of amides is 2. The highest BCUT2D eigenvalue weighted by atomic mass is 32.2. The van der Waals surface area contributed by atoms with Gasteiger partial charge in [0, 0.05) is 31.3 Å². The minimum absolute atomic E-state index is 0.221. The Morgan fingerprint density at radius 3 is 3.14 bits per heavy atom. The van der Waals surface area contributed by atoms with Crippen molar-refractivity contribution in [2.75, 3.05) is 17.6 Å². The standard InChI is InChI=1S/C12H17N7OS/c1-19-10(6-9(17-19)8-2-3-8)15-12(20)13-4-5-21-11-7-14-18-16-11/h6-8H,2-5H2,1H3,(H2,13,15,20)(H,14,16,18). The van der Waals surface area contributed by atoms with E-state index in [0.29, 0.717) is 12.5 Å². The first-order valence-electron chi connectivity index (χ1n) is 6.80. The topological polar surface area (TPSA) is 101 Å². The van der Waals surface area contributed by atoms with E-state index in [1.807, 2.05) is 13.1 Å². The van der Waals surface area contributed by atoms with Gasteiger partial charge in [-0.05, 0) is 12.8 Å². The van der Waals surface area contributed by atoms with Gasteiger partial charge in [0.05, 0.1) is 11.9 Å². The minimum Gasteiger partial charge on any atom is -0.337 e. The Hall–Kier alpha value is -2.03. The third kappa shape index (κ3) is 3.75. The van der Waals surface area contributed by atoms with Crippen LogP contribution >= 0.6 is 11.8 Å². The summed E-state index contributed by atoms with van der Waals surface area (Å²) in [5, 5.41) is 21.0. The van der Waals surface area contributed by atoms with Crippen molar-refractivity contribution in [3.05, 3.63) is 18.0 Å². The molecule has 0 radical (unpaired) electrons. The van der Waals surface area contributed by atoms with Crippen LogP contribution in [0.5, 0.6) is 0 Å². The second-order valence-electron chi connectivity index (χ2n) is 4.89. The number of aromatic amines is 1. The highest BCUT2D eigenvalue weighted by Gasteiger charge is 2.27. The lowest BCUT2D eigenvalue weighted by atomic mass is 10.3. The summed E-state index contributed by atoms with van der Waals surface area (Å²) in [6.07, 6.45) is 4.05. The number of aryl methyl sites for hydroxylation is 1. The maximum atomic E-state index is 11.8. The summed E-state index contributed by atoms with van der Waals surface area (Å²) in [5.41, 5.74) is 1.06. The average Bonchev–Trinajstić information content (AvgIpc) is 3.07. The largest absolute Gasteiger partial charge is 0.337 e. The number of H-pyrrole nitrogens is 1. The smallest absolute Gasteiger partial charge is 0.320 e. The Balaban J connectivity index is 1.41. The lowest BCUT2D eigenvalue weighted by Gasteiger charge is -2.06. The van der Waals surface area contributed by atoms with Crippen LogP contribution in [-0.4, -0.2) is 43.5 Å². The molecule has 1 fully saturated rings. The molecule has 0 atom stereocenters.